The van der Waals surface area contributed by atoms with Crippen molar-refractivity contribution < 1.29 is 47.9 Å². The van der Waals surface area contributed by atoms with Gasteiger partial charge < -0.3 is 61.6 Å². The second-order valence-electron chi connectivity index (χ2n) is 42.4. The van der Waals surface area contributed by atoms with Gasteiger partial charge in [0.05, 0.1) is 109 Å². The minimum Gasteiger partial charge on any atom is -0.504 e. The molecule has 7 heterocycles. The SMILES string of the molecule is CC(C)(C)c1ccc2c(c1)c1cc(C(C)(C)C)ccc1n2-c1csc(-c2cc(Cl)ccc2OCCCCOc2ccc(Cl)cc2-c2scc(-n3c4ccc(C(C)(C)C)cc4c4cc(C(C)(C)C)ccc43)c2O)c1O.CCOCOc1c(-n2c3ccc(C(C)(C)C)cc3c3cc(C(C)(C)C)ccc32)csc1B1OC(C)(C)C(C)(C)O1.Clc1ccc(OCCCCOc2ccc(Cl)cc2I)c(I)c1. The molecule has 0 amide bonds. The van der Waals surface area contributed by atoms with Crippen LogP contribution >= 0.6 is 126 Å². The van der Waals surface area contributed by atoms with Crippen molar-refractivity contribution in [1.82, 2.24) is 13.7 Å². The van der Waals surface area contributed by atoms with Gasteiger partial charge in [-0.2, -0.15) is 0 Å². The Balaban J connectivity index is 0.000000187. The Labute approximate surface area is 861 Å². The third-order valence-electron chi connectivity index (χ3n) is 25.7. The quantitative estimate of drug-likeness (QED) is 0.0261. The fourth-order valence-corrected chi connectivity index (χ4v) is 22.1. The molecule has 2 N–H and O–H groups in total. The molecule has 1 fully saturated rings. The topological polar surface area (TPSA) is 129 Å². The van der Waals surface area contributed by atoms with Gasteiger partial charge in [-0.15, -0.1) is 34.0 Å². The second-order valence-corrected chi connectivity index (χ2v) is 49.1. The van der Waals surface area contributed by atoms with E-state index in [0.29, 0.717) is 88.5 Å². The first kappa shape index (κ1) is 102. The molecule has 0 spiro atoms. The molecule has 1 aliphatic rings. The maximum absolute atomic E-state index is 12.2. The second kappa shape index (κ2) is 40.5. The molecule has 23 heteroatoms. The van der Waals surface area contributed by atoms with E-state index in [1.807, 2.05) is 90.5 Å². The number of halogens is 6. The van der Waals surface area contributed by atoms with Gasteiger partial charge in [-0.1, -0.05) is 207 Å². The first-order valence-electron chi connectivity index (χ1n) is 46.6. The van der Waals surface area contributed by atoms with Crippen molar-refractivity contribution >= 4 is 203 Å². The molecule has 0 aliphatic carbocycles. The summed E-state index contributed by atoms with van der Waals surface area (Å²) in [5.74, 6) is 4.13. The van der Waals surface area contributed by atoms with Crippen molar-refractivity contribution in [3.05, 3.63) is 259 Å². The lowest BCUT2D eigenvalue weighted by Gasteiger charge is -2.32. The van der Waals surface area contributed by atoms with Gasteiger partial charge in [-0.05, 0) is 317 Å². The van der Waals surface area contributed by atoms with Crippen LogP contribution in [0, 0.1) is 7.14 Å². The third kappa shape index (κ3) is 22.0. The first-order chi connectivity index (χ1) is 64.0. The van der Waals surface area contributed by atoms with Crippen molar-refractivity contribution in [2.75, 3.05) is 39.8 Å². The van der Waals surface area contributed by atoms with Crippen molar-refractivity contribution in [2.24, 2.45) is 0 Å². The summed E-state index contributed by atoms with van der Waals surface area (Å²) < 4.78 is 59.1. The summed E-state index contributed by atoms with van der Waals surface area (Å²) in [6.07, 6.45) is 3.28. The lowest BCUT2D eigenvalue weighted by molar-refractivity contribution is 0.00578. The summed E-state index contributed by atoms with van der Waals surface area (Å²) >= 11 is 34.1. The van der Waals surface area contributed by atoms with E-state index in [1.165, 1.54) is 66.8 Å². The summed E-state index contributed by atoms with van der Waals surface area (Å²) in [5.41, 5.74) is 17.1. The van der Waals surface area contributed by atoms with E-state index in [2.05, 4.69) is 326 Å². The molecular formula is C113H124BCl4I2N3O10S3. The number of hydrogen-bond acceptors (Lipinski definition) is 13. The van der Waals surface area contributed by atoms with Crippen LogP contribution in [0.2, 0.25) is 20.1 Å². The van der Waals surface area contributed by atoms with Crippen molar-refractivity contribution in [2.45, 2.75) is 229 Å². The molecule has 1 aliphatic heterocycles. The number of unbranched alkanes of at least 4 members (excludes halogenated alkanes) is 2. The average Bonchev–Trinajstić information content (AvgIpc) is 1.58. The number of thiophene rings is 3. The maximum Gasteiger partial charge on any atom is 0.509 e. The van der Waals surface area contributed by atoms with E-state index in [4.69, 9.17) is 84.1 Å². The highest BCUT2D eigenvalue weighted by Crippen LogP contribution is 2.52. The van der Waals surface area contributed by atoms with Crippen LogP contribution in [-0.2, 0) is 46.5 Å². The summed E-state index contributed by atoms with van der Waals surface area (Å²) in [4.78, 5) is 1.37. The first-order valence-corrected chi connectivity index (χ1v) is 52.9. The lowest BCUT2D eigenvalue weighted by atomic mass is 9.85. The Bertz CT molecular complexity index is 6590. The van der Waals surface area contributed by atoms with E-state index in [9.17, 15) is 10.2 Å². The molecule has 10 aromatic carbocycles. The molecule has 714 valence electrons. The van der Waals surface area contributed by atoms with Gasteiger partial charge in [0.25, 0.3) is 0 Å². The molecule has 0 radical (unpaired) electrons. The highest BCUT2D eigenvalue weighted by atomic mass is 127. The number of aromatic hydroxyl groups is 2. The molecule has 16 aromatic rings. The van der Waals surface area contributed by atoms with Crippen LogP contribution in [-0.4, -0.2) is 82.1 Å². The summed E-state index contributed by atoms with van der Waals surface area (Å²) in [5, 5.41) is 40.3. The van der Waals surface area contributed by atoms with E-state index in [0.717, 1.165) is 124 Å². The van der Waals surface area contributed by atoms with Gasteiger partial charge in [-0.25, -0.2) is 0 Å². The number of hydrogen-bond donors (Lipinski definition) is 2. The Morgan fingerprint density at radius 1 is 0.346 bits per heavy atom. The maximum atomic E-state index is 12.2. The van der Waals surface area contributed by atoms with Gasteiger partial charge >= 0.3 is 7.12 Å². The van der Waals surface area contributed by atoms with Crippen LogP contribution in [0.1, 0.15) is 218 Å². The van der Waals surface area contributed by atoms with Gasteiger partial charge in [0.1, 0.15) is 23.0 Å². The fourth-order valence-electron chi connectivity index (χ4n) is 16.9. The minimum absolute atomic E-state index is 0.0236. The predicted octanol–water partition coefficient (Wildman–Crippen LogP) is 34.0. The summed E-state index contributed by atoms with van der Waals surface area (Å²) in [6, 6.07) is 63.0. The van der Waals surface area contributed by atoms with E-state index < -0.39 is 18.3 Å². The number of ether oxygens (including phenoxy) is 6. The number of fused-ring (bicyclic) bond motifs is 9. The predicted molar refractivity (Wildman–Crippen MR) is 594 cm³/mol. The molecule has 0 saturated carbocycles. The monoisotopic (exact) mass is 2180 g/mol. The summed E-state index contributed by atoms with van der Waals surface area (Å²) in [6.45, 7) is 53.7. The summed E-state index contributed by atoms with van der Waals surface area (Å²) in [7, 11) is -0.520. The van der Waals surface area contributed by atoms with Crippen LogP contribution in [0.15, 0.2) is 198 Å². The Kier molecular flexibility index (Phi) is 30.4. The number of aromatic nitrogens is 3. The van der Waals surface area contributed by atoms with E-state index in [-0.39, 0.29) is 50.8 Å². The number of benzene rings is 10. The molecular weight excluding hydrogens is 2060 g/mol. The molecule has 0 atom stereocenters. The highest BCUT2D eigenvalue weighted by molar-refractivity contribution is 14.1. The van der Waals surface area contributed by atoms with Crippen molar-refractivity contribution in [3.63, 3.8) is 0 Å². The molecule has 0 unspecified atom stereocenters. The minimum atomic E-state index is -0.520. The molecule has 136 heavy (non-hydrogen) atoms. The van der Waals surface area contributed by atoms with Gasteiger partial charge in [0, 0.05) is 86.3 Å². The van der Waals surface area contributed by atoms with Crippen LogP contribution in [0.4, 0.5) is 0 Å². The smallest absolute Gasteiger partial charge is 0.504 e. The average molecular weight is 2190 g/mol. The Hall–Kier alpha value is -8.14. The fraction of sp³-hybridized carbons (Fsp3) is 0.363. The normalized spacial score (nSPS) is 13.8. The van der Waals surface area contributed by atoms with Crippen LogP contribution < -0.4 is 28.5 Å². The van der Waals surface area contributed by atoms with Crippen molar-refractivity contribution in [1.29, 1.82) is 0 Å². The molecule has 17 rings (SSSR count). The van der Waals surface area contributed by atoms with Gasteiger partial charge in [0.15, 0.2) is 24.0 Å². The largest absolute Gasteiger partial charge is 0.509 e. The lowest BCUT2D eigenvalue weighted by Crippen LogP contribution is -2.41. The van der Waals surface area contributed by atoms with Gasteiger partial charge in [-0.3, -0.25) is 0 Å². The zero-order chi connectivity index (χ0) is 98.0. The Morgan fingerprint density at radius 2 is 0.610 bits per heavy atom. The van der Waals surface area contributed by atoms with Crippen LogP contribution in [0.3, 0.4) is 0 Å². The number of nitrogens with zero attached hydrogens (tertiary/aromatic N) is 3. The van der Waals surface area contributed by atoms with Crippen LogP contribution in [0.25, 0.3) is 103 Å². The molecule has 1 saturated heterocycles. The molecule has 6 aromatic heterocycles. The highest BCUT2D eigenvalue weighted by Gasteiger charge is 2.54. The third-order valence-corrected chi connectivity index (χ3v) is 31.3. The molecule has 13 nitrogen and oxygen atoms in total. The van der Waals surface area contributed by atoms with Gasteiger partial charge in [0.2, 0.25) is 0 Å². The molecule has 0 bridgehead atoms. The van der Waals surface area contributed by atoms with Crippen molar-refractivity contribution in [3.8, 4) is 78.2 Å². The zero-order valence-corrected chi connectivity index (χ0v) is 92.0. The van der Waals surface area contributed by atoms with Crippen LogP contribution in [0.5, 0.6) is 40.2 Å². The van der Waals surface area contributed by atoms with E-state index in [1.54, 1.807) is 11.3 Å². The standard InChI is InChI=1S/C64H66Cl2N2O4S2.C33H44BNO4S.C16H14Cl2I2O2/c1-61(2,3)37-15-21-49-43(29-37)44-30-38(62(4,5)6)16-22-50(44)67(49)53-35-73-59(57(53)69)47-33-41(65)19-25-55(47)71-27-13-14-28-72-56-26-20-42(66)34-48(56)60-58(70)54(36-74-60)68-51-23-17-39(63(7,8)9)31-45(51)46-32-40(64(10,11)12)18-24-52(46)68;1-12-36-20-37-28-27(19-40-29(28)34-38-32(8,9)33(10,11)39-34)35-25-15-13-21(30(2,3)4)17-23(25)24-18-22(31(5,6)7)14-16-26(24)35;17-11-3-5-15(13(19)9-11)21-7-1-2-8-22-16-6-4-12(18)10-14(16)20/h15-26,29-36,69-70H,13-14,27-28H2,1-12H3;13-19H,12,20H2,1-11H3;3-6,9-10H,1-2,7-8H2. The Morgan fingerprint density at radius 3 is 0.890 bits per heavy atom. The number of rotatable bonds is 24. The van der Waals surface area contributed by atoms with E-state index >= 15 is 0 Å². The zero-order valence-electron chi connectivity index (χ0n) is 82.2.